The summed E-state index contributed by atoms with van der Waals surface area (Å²) in [5.74, 6) is 0.0792. The van der Waals surface area contributed by atoms with Gasteiger partial charge in [-0.15, -0.1) is 0 Å². The summed E-state index contributed by atoms with van der Waals surface area (Å²) in [5, 5.41) is 6.16. The minimum atomic E-state index is 0.0792. The maximum absolute atomic E-state index is 11.4. The molecule has 17 heavy (non-hydrogen) atoms. The Kier molecular flexibility index (Phi) is 4.15. The van der Waals surface area contributed by atoms with Gasteiger partial charge in [0.25, 0.3) is 0 Å². The molecule has 2 rings (SSSR count). The zero-order valence-corrected chi connectivity index (χ0v) is 10.3. The molecule has 3 nitrogen and oxygen atoms in total. The summed E-state index contributed by atoms with van der Waals surface area (Å²) in [5.41, 5.74) is 2.79. The third kappa shape index (κ3) is 3.07. The highest BCUT2D eigenvalue weighted by molar-refractivity contribution is 5.77. The van der Waals surface area contributed by atoms with Gasteiger partial charge >= 0.3 is 0 Å². The van der Waals surface area contributed by atoms with Gasteiger partial charge in [0.05, 0.1) is 6.54 Å². The largest absolute Gasteiger partial charge is 0.355 e. The maximum Gasteiger partial charge on any atom is 0.233 e. The summed E-state index contributed by atoms with van der Waals surface area (Å²) < 4.78 is 0. The molecule has 2 N–H and O–H groups in total. The Bertz CT molecular complexity index is 390. The van der Waals surface area contributed by atoms with Crippen LogP contribution in [0.3, 0.4) is 0 Å². The normalized spacial score (nSPS) is 18.5. The van der Waals surface area contributed by atoms with Crippen LogP contribution in [0.5, 0.6) is 0 Å². The van der Waals surface area contributed by atoms with Crippen LogP contribution in [-0.2, 0) is 11.2 Å². The van der Waals surface area contributed by atoms with E-state index in [4.69, 9.17) is 0 Å². The molecule has 0 aromatic heterocycles. The lowest BCUT2D eigenvalue weighted by Gasteiger charge is -2.26. The third-order valence-electron chi connectivity index (χ3n) is 3.25. The van der Waals surface area contributed by atoms with E-state index < -0.39 is 0 Å². The van der Waals surface area contributed by atoms with Gasteiger partial charge in [-0.3, -0.25) is 4.79 Å². The molecule has 0 heterocycles. The van der Waals surface area contributed by atoms with Crippen LogP contribution in [0.15, 0.2) is 24.3 Å². The molecule has 0 radical (unpaired) electrons. The van der Waals surface area contributed by atoms with Crippen molar-refractivity contribution in [1.29, 1.82) is 0 Å². The molecule has 0 saturated carbocycles. The van der Waals surface area contributed by atoms with Crippen molar-refractivity contribution in [3.8, 4) is 0 Å². The first-order valence-corrected chi connectivity index (χ1v) is 6.39. The molecule has 1 aliphatic carbocycles. The number of carbonyl (C=O) groups is 1. The van der Waals surface area contributed by atoms with Crippen molar-refractivity contribution in [1.82, 2.24) is 10.6 Å². The van der Waals surface area contributed by atoms with Crippen LogP contribution in [0, 0.1) is 0 Å². The van der Waals surface area contributed by atoms with Crippen LogP contribution in [0.1, 0.15) is 36.9 Å². The Balaban J connectivity index is 1.97. The van der Waals surface area contributed by atoms with E-state index in [9.17, 15) is 4.79 Å². The second kappa shape index (κ2) is 5.82. The molecule has 1 aromatic rings. The SMILES string of the molecule is CCNC(=O)CNC1CCCc2ccccc21. The van der Waals surface area contributed by atoms with E-state index in [2.05, 4.69) is 34.9 Å². The molecular weight excluding hydrogens is 212 g/mol. The average molecular weight is 232 g/mol. The quantitative estimate of drug-likeness (QED) is 0.831. The number of benzene rings is 1. The van der Waals surface area contributed by atoms with Gasteiger partial charge in [0.15, 0.2) is 0 Å². The van der Waals surface area contributed by atoms with E-state index in [-0.39, 0.29) is 5.91 Å². The highest BCUT2D eigenvalue weighted by Gasteiger charge is 2.19. The number of fused-ring (bicyclic) bond motifs is 1. The smallest absolute Gasteiger partial charge is 0.233 e. The van der Waals surface area contributed by atoms with Crippen molar-refractivity contribution in [2.24, 2.45) is 0 Å². The Morgan fingerprint density at radius 3 is 3.06 bits per heavy atom. The Labute approximate surface area is 103 Å². The molecule has 0 bridgehead atoms. The molecule has 1 aliphatic rings. The van der Waals surface area contributed by atoms with E-state index in [1.54, 1.807) is 0 Å². The summed E-state index contributed by atoms with van der Waals surface area (Å²) in [4.78, 5) is 11.4. The van der Waals surface area contributed by atoms with Crippen molar-refractivity contribution < 1.29 is 4.79 Å². The van der Waals surface area contributed by atoms with Crippen molar-refractivity contribution >= 4 is 5.91 Å². The number of nitrogens with one attached hydrogen (secondary N) is 2. The maximum atomic E-state index is 11.4. The van der Waals surface area contributed by atoms with Gasteiger partial charge in [0, 0.05) is 12.6 Å². The molecule has 0 spiro atoms. The lowest BCUT2D eigenvalue weighted by Crippen LogP contribution is -2.36. The van der Waals surface area contributed by atoms with Crippen LogP contribution in [-0.4, -0.2) is 19.0 Å². The predicted octanol–water partition coefficient (Wildman–Crippen LogP) is 1.79. The van der Waals surface area contributed by atoms with Gasteiger partial charge in [-0.05, 0) is 37.3 Å². The summed E-state index contributed by atoms with van der Waals surface area (Å²) >= 11 is 0. The van der Waals surface area contributed by atoms with Crippen LogP contribution in [0.2, 0.25) is 0 Å². The Morgan fingerprint density at radius 1 is 1.41 bits per heavy atom. The fourth-order valence-electron chi connectivity index (χ4n) is 2.44. The molecule has 1 atom stereocenters. The molecule has 0 fully saturated rings. The van der Waals surface area contributed by atoms with Crippen LogP contribution in [0.25, 0.3) is 0 Å². The molecule has 1 aromatic carbocycles. The van der Waals surface area contributed by atoms with Crippen LogP contribution < -0.4 is 10.6 Å². The predicted molar refractivity (Wildman–Crippen MR) is 68.8 cm³/mol. The summed E-state index contributed by atoms with van der Waals surface area (Å²) in [6.45, 7) is 3.04. The van der Waals surface area contributed by atoms with Gasteiger partial charge in [-0.1, -0.05) is 24.3 Å². The monoisotopic (exact) mass is 232 g/mol. The number of hydrogen-bond acceptors (Lipinski definition) is 2. The number of likely N-dealkylation sites (N-methyl/N-ethyl adjacent to an activating group) is 1. The minimum absolute atomic E-state index is 0.0792. The van der Waals surface area contributed by atoms with E-state index in [1.165, 1.54) is 17.5 Å². The standard InChI is InChI=1S/C14H20N2O/c1-2-15-14(17)10-16-13-9-5-7-11-6-3-4-8-12(11)13/h3-4,6,8,13,16H,2,5,7,9-10H2,1H3,(H,15,17). The van der Waals surface area contributed by atoms with E-state index in [0.29, 0.717) is 19.1 Å². The van der Waals surface area contributed by atoms with Crippen molar-refractivity contribution in [3.05, 3.63) is 35.4 Å². The van der Waals surface area contributed by atoms with Gasteiger partial charge in [0.2, 0.25) is 5.91 Å². The van der Waals surface area contributed by atoms with Gasteiger partial charge < -0.3 is 10.6 Å². The fraction of sp³-hybridized carbons (Fsp3) is 0.500. The average Bonchev–Trinajstić information content (AvgIpc) is 2.36. The summed E-state index contributed by atoms with van der Waals surface area (Å²) in [6, 6.07) is 8.86. The van der Waals surface area contributed by atoms with E-state index in [0.717, 1.165) is 12.8 Å². The summed E-state index contributed by atoms with van der Waals surface area (Å²) in [7, 11) is 0. The number of amides is 1. The van der Waals surface area contributed by atoms with Crippen LogP contribution >= 0.6 is 0 Å². The summed E-state index contributed by atoms with van der Waals surface area (Å²) in [6.07, 6.45) is 3.48. The topological polar surface area (TPSA) is 41.1 Å². The Morgan fingerprint density at radius 2 is 2.24 bits per heavy atom. The third-order valence-corrected chi connectivity index (χ3v) is 3.25. The number of carbonyl (C=O) groups excluding carboxylic acids is 1. The molecule has 1 unspecified atom stereocenters. The highest BCUT2D eigenvalue weighted by atomic mass is 16.1. The van der Waals surface area contributed by atoms with Crippen molar-refractivity contribution in [2.75, 3.05) is 13.1 Å². The zero-order valence-electron chi connectivity index (χ0n) is 10.3. The molecule has 92 valence electrons. The number of aryl methyl sites for hydroxylation is 1. The number of rotatable bonds is 4. The first-order valence-electron chi connectivity index (χ1n) is 6.39. The number of hydrogen-bond donors (Lipinski definition) is 2. The Hall–Kier alpha value is -1.35. The molecule has 0 aliphatic heterocycles. The molecule has 0 saturated heterocycles. The fourth-order valence-corrected chi connectivity index (χ4v) is 2.44. The lowest BCUT2D eigenvalue weighted by atomic mass is 9.88. The highest BCUT2D eigenvalue weighted by Crippen LogP contribution is 2.28. The molecule has 1 amide bonds. The van der Waals surface area contributed by atoms with Crippen LogP contribution in [0.4, 0.5) is 0 Å². The van der Waals surface area contributed by atoms with Gasteiger partial charge in [-0.2, -0.15) is 0 Å². The zero-order chi connectivity index (χ0) is 12.1. The first-order chi connectivity index (χ1) is 8.31. The second-order valence-corrected chi connectivity index (χ2v) is 4.48. The second-order valence-electron chi connectivity index (χ2n) is 4.48. The molecule has 3 heteroatoms. The van der Waals surface area contributed by atoms with Crippen molar-refractivity contribution in [2.45, 2.75) is 32.2 Å². The van der Waals surface area contributed by atoms with E-state index in [1.807, 2.05) is 6.92 Å². The van der Waals surface area contributed by atoms with Crippen molar-refractivity contribution in [3.63, 3.8) is 0 Å². The first kappa shape index (κ1) is 12.1. The molecular formula is C14H20N2O. The van der Waals surface area contributed by atoms with Gasteiger partial charge in [-0.25, -0.2) is 0 Å². The van der Waals surface area contributed by atoms with Gasteiger partial charge in [0.1, 0.15) is 0 Å². The minimum Gasteiger partial charge on any atom is -0.355 e. The van der Waals surface area contributed by atoms with E-state index >= 15 is 0 Å². The lowest BCUT2D eigenvalue weighted by molar-refractivity contribution is -0.120.